The highest BCUT2D eigenvalue weighted by Crippen LogP contribution is 2.52. The van der Waals surface area contributed by atoms with Gasteiger partial charge in [-0.15, -0.1) is 0 Å². The van der Waals surface area contributed by atoms with Crippen LogP contribution in [-0.4, -0.2) is 28.1 Å². The topological polar surface area (TPSA) is 32.4 Å². The molecule has 3 heterocycles. The third-order valence-electron chi connectivity index (χ3n) is 9.20. The number of carbonyl (C=O) groups is 1. The van der Waals surface area contributed by atoms with Crippen molar-refractivity contribution < 1.29 is 9.36 Å². The molecular weight excluding hydrogens is 572 g/mol. The summed E-state index contributed by atoms with van der Waals surface area (Å²) in [4.78, 5) is 18.9. The van der Waals surface area contributed by atoms with Crippen molar-refractivity contribution in [2.45, 2.75) is 51.5 Å². The van der Waals surface area contributed by atoms with Crippen LogP contribution < -0.4 is 9.47 Å². The molecule has 0 spiro atoms. The van der Waals surface area contributed by atoms with Gasteiger partial charge in [-0.25, -0.2) is 9.13 Å². The van der Waals surface area contributed by atoms with Crippen LogP contribution in [-0.2, 0) is 29.8 Å². The first-order chi connectivity index (χ1) is 20.0. The number of nitrogens with zero attached hydrogens (tertiary/aromatic N) is 4. The van der Waals surface area contributed by atoms with Crippen LogP contribution in [0.15, 0.2) is 108 Å². The third kappa shape index (κ3) is 4.27. The van der Waals surface area contributed by atoms with Gasteiger partial charge in [-0.1, -0.05) is 102 Å². The molecule has 0 saturated carbocycles. The van der Waals surface area contributed by atoms with Crippen molar-refractivity contribution in [1.82, 2.24) is 9.47 Å². The van der Waals surface area contributed by atoms with Crippen LogP contribution in [0, 0.1) is 6.92 Å². The van der Waals surface area contributed by atoms with Crippen molar-refractivity contribution >= 4 is 38.6 Å². The Bertz CT molecular complexity index is 1760. The molecule has 2 aliphatic heterocycles. The molecule has 7 rings (SSSR count). The molecule has 6 heteroatoms. The van der Waals surface area contributed by atoms with Gasteiger partial charge in [0.1, 0.15) is 12.7 Å². The van der Waals surface area contributed by atoms with Crippen molar-refractivity contribution in [3.05, 3.63) is 130 Å². The van der Waals surface area contributed by atoms with Gasteiger partial charge >= 0.3 is 0 Å². The second-order valence-corrected chi connectivity index (χ2v) is 12.4. The highest BCUT2D eigenvalue weighted by atomic mass is 79.9. The molecule has 4 aromatic carbocycles. The van der Waals surface area contributed by atoms with Crippen LogP contribution in [0.1, 0.15) is 35.9 Å². The van der Waals surface area contributed by atoms with Crippen molar-refractivity contribution in [2.24, 2.45) is 0 Å². The lowest BCUT2D eigenvalue weighted by Crippen LogP contribution is -2.51. The van der Waals surface area contributed by atoms with Gasteiger partial charge in [-0.05, 0) is 41.8 Å². The second kappa shape index (κ2) is 10.2. The van der Waals surface area contributed by atoms with E-state index in [2.05, 4.69) is 146 Å². The van der Waals surface area contributed by atoms with E-state index in [0.717, 1.165) is 47.4 Å². The number of rotatable bonds is 6. The number of imidazole rings is 1. The molecule has 5 nitrogen and oxygen atoms in total. The Morgan fingerprint density at radius 3 is 2.46 bits per heavy atom. The number of amides is 1. The minimum absolute atomic E-state index is 0.0119. The van der Waals surface area contributed by atoms with Crippen LogP contribution in [0.25, 0.3) is 11.0 Å². The van der Waals surface area contributed by atoms with E-state index in [1.807, 2.05) is 6.07 Å². The Morgan fingerprint density at radius 2 is 1.63 bits per heavy atom. The number of likely N-dealkylation sites (tertiary alicyclic amines) is 1. The van der Waals surface area contributed by atoms with E-state index in [-0.39, 0.29) is 17.5 Å². The first kappa shape index (κ1) is 26.0. The Balaban J connectivity index is 1.24. The van der Waals surface area contributed by atoms with Crippen LogP contribution in [0.5, 0.6) is 0 Å². The summed E-state index contributed by atoms with van der Waals surface area (Å²) < 4.78 is 5.62. The van der Waals surface area contributed by atoms with Crippen LogP contribution >= 0.6 is 15.9 Å². The van der Waals surface area contributed by atoms with Crippen molar-refractivity contribution in [3.8, 4) is 0 Å². The average Bonchev–Trinajstić information content (AvgIpc) is 3.56. The number of halogens is 1. The van der Waals surface area contributed by atoms with E-state index in [4.69, 9.17) is 0 Å². The number of aromatic nitrogens is 2. The van der Waals surface area contributed by atoms with Gasteiger partial charge in [-0.3, -0.25) is 4.79 Å². The Hall–Kier alpha value is -3.90. The monoisotopic (exact) mass is 605 g/mol. The maximum atomic E-state index is 14.3. The summed E-state index contributed by atoms with van der Waals surface area (Å²) in [6.07, 6.45) is 0.946. The minimum Gasteiger partial charge on any atom is -0.346 e. The third-order valence-corrected chi connectivity index (χ3v) is 9.98. The quantitative estimate of drug-likeness (QED) is 0.205. The number of anilines is 1. The lowest BCUT2D eigenvalue weighted by atomic mass is 9.81. The molecule has 206 valence electrons. The molecule has 1 amide bonds. The molecule has 0 aliphatic carbocycles. The number of fused-ring (bicyclic) bond motifs is 4. The predicted octanol–water partition coefficient (Wildman–Crippen LogP) is 6.58. The molecule has 1 fully saturated rings. The molecule has 5 aromatic rings. The highest BCUT2D eigenvalue weighted by molar-refractivity contribution is 9.10. The second-order valence-electron chi connectivity index (χ2n) is 11.6. The molecule has 1 aromatic heterocycles. The summed E-state index contributed by atoms with van der Waals surface area (Å²) in [7, 11) is 0. The smallest absolute Gasteiger partial charge is 0.266 e. The fourth-order valence-electron chi connectivity index (χ4n) is 7.12. The van der Waals surface area contributed by atoms with Crippen molar-refractivity contribution in [2.75, 3.05) is 11.4 Å². The summed E-state index contributed by atoms with van der Waals surface area (Å²) in [5.41, 5.74) is 7.19. The van der Waals surface area contributed by atoms with Gasteiger partial charge in [0, 0.05) is 41.2 Å². The van der Waals surface area contributed by atoms with E-state index in [9.17, 15) is 4.79 Å². The van der Waals surface area contributed by atoms with Gasteiger partial charge < -0.3 is 9.80 Å². The standard InChI is InChI=1S/C35H34BrN4O/c1-25-38(23-27-14-6-8-16-29(27)36)31-18-10-11-19-32(31)39(25)24-33(41)37-21-20-35(2)28-15-7-9-17-30(28)40(34(35)37)22-26-12-4-3-5-13-26/h3-19,34H,20-24H2,1-2H3/q+1. The highest BCUT2D eigenvalue weighted by Gasteiger charge is 2.55. The van der Waals surface area contributed by atoms with Gasteiger partial charge in [-0.2, -0.15) is 0 Å². The number of hydrogen-bond acceptors (Lipinski definition) is 2. The normalized spacial score (nSPS) is 19.5. The maximum Gasteiger partial charge on any atom is 0.266 e. The first-order valence-corrected chi connectivity index (χ1v) is 15.2. The fourth-order valence-corrected chi connectivity index (χ4v) is 7.53. The van der Waals surface area contributed by atoms with E-state index < -0.39 is 0 Å². The van der Waals surface area contributed by atoms with E-state index in [0.29, 0.717) is 6.54 Å². The summed E-state index contributed by atoms with van der Waals surface area (Å²) in [5.74, 6) is 1.24. The zero-order chi connectivity index (χ0) is 28.1. The molecule has 2 unspecified atom stereocenters. The molecule has 2 aliphatic rings. The van der Waals surface area contributed by atoms with Crippen molar-refractivity contribution in [3.63, 3.8) is 0 Å². The van der Waals surface area contributed by atoms with Crippen molar-refractivity contribution in [1.29, 1.82) is 0 Å². The average molecular weight is 607 g/mol. The van der Waals surface area contributed by atoms with Gasteiger partial charge in [0.2, 0.25) is 0 Å². The number of para-hydroxylation sites is 3. The summed E-state index contributed by atoms with van der Waals surface area (Å²) in [6, 6.07) is 36.1. The zero-order valence-electron chi connectivity index (χ0n) is 23.5. The number of hydrogen-bond donors (Lipinski definition) is 0. The lowest BCUT2D eigenvalue weighted by Gasteiger charge is -2.37. The van der Waals surface area contributed by atoms with Gasteiger partial charge in [0.05, 0.1) is 0 Å². The largest absolute Gasteiger partial charge is 0.346 e. The molecular formula is C35H34BrN4O+. The summed E-state index contributed by atoms with van der Waals surface area (Å²) in [6.45, 7) is 7.06. The minimum atomic E-state index is -0.103. The molecule has 2 atom stereocenters. The number of benzene rings is 4. The molecule has 0 N–H and O–H groups in total. The summed E-state index contributed by atoms with van der Waals surface area (Å²) in [5, 5.41) is 0. The van der Waals surface area contributed by atoms with E-state index in [1.54, 1.807) is 0 Å². The van der Waals surface area contributed by atoms with Crippen LogP contribution in [0.2, 0.25) is 0 Å². The molecule has 1 saturated heterocycles. The lowest BCUT2D eigenvalue weighted by molar-refractivity contribution is -0.669. The van der Waals surface area contributed by atoms with E-state index in [1.165, 1.54) is 22.4 Å². The Kier molecular flexibility index (Phi) is 6.46. The van der Waals surface area contributed by atoms with E-state index >= 15 is 0 Å². The fraction of sp³-hybridized carbons (Fsp3) is 0.257. The molecule has 0 bridgehead atoms. The maximum absolute atomic E-state index is 14.3. The molecule has 41 heavy (non-hydrogen) atoms. The van der Waals surface area contributed by atoms with Crippen LogP contribution in [0.3, 0.4) is 0 Å². The predicted molar refractivity (Wildman–Crippen MR) is 167 cm³/mol. The number of carbonyl (C=O) groups excluding carboxylic acids is 1. The zero-order valence-corrected chi connectivity index (χ0v) is 25.1. The van der Waals surface area contributed by atoms with Crippen LogP contribution in [0.4, 0.5) is 5.69 Å². The molecule has 0 radical (unpaired) electrons. The van der Waals surface area contributed by atoms with Gasteiger partial charge in [0.25, 0.3) is 11.7 Å². The SMILES string of the molecule is Cc1n(CC(=O)N2CCC3(C)c4ccccc4N(Cc4ccccc4)C23)c2ccccc2[n+]1Cc1ccccc1Br. The Morgan fingerprint density at radius 1 is 0.927 bits per heavy atom. The first-order valence-electron chi connectivity index (χ1n) is 14.4. The summed E-state index contributed by atoms with van der Waals surface area (Å²) >= 11 is 3.72. The van der Waals surface area contributed by atoms with Gasteiger partial charge in [0.15, 0.2) is 17.6 Å². The Labute approximate surface area is 249 Å².